The van der Waals surface area contributed by atoms with Crippen molar-refractivity contribution >= 4 is 28.7 Å². The van der Waals surface area contributed by atoms with Crippen molar-refractivity contribution in [1.82, 2.24) is 14.6 Å². The molecule has 0 spiro atoms. The molecule has 2 aromatic heterocycles. The smallest absolute Gasteiger partial charge is 0.183 e. The Labute approximate surface area is 114 Å². The fourth-order valence-electron chi connectivity index (χ4n) is 1.44. The van der Waals surface area contributed by atoms with Gasteiger partial charge in [0, 0.05) is 10.8 Å². The number of rotatable bonds is 3. The molecule has 0 aliphatic carbocycles. The highest BCUT2D eigenvalue weighted by molar-refractivity contribution is 7.10. The van der Waals surface area contributed by atoms with E-state index in [1.807, 2.05) is 5.38 Å². The van der Waals surface area contributed by atoms with Gasteiger partial charge in [-0.2, -0.15) is 0 Å². The molecule has 2 rings (SSSR count). The highest BCUT2D eigenvalue weighted by Gasteiger charge is 2.20. The number of carbonyl (C=O) groups excluding carboxylic acids is 1. The summed E-state index contributed by atoms with van der Waals surface area (Å²) in [5, 5.41) is 6.74. The molecule has 2 aromatic rings. The highest BCUT2D eigenvalue weighted by Crippen LogP contribution is 2.25. The summed E-state index contributed by atoms with van der Waals surface area (Å²) in [6.45, 7) is 8.15. The van der Waals surface area contributed by atoms with E-state index in [0.29, 0.717) is 17.0 Å². The minimum Gasteiger partial charge on any atom is -0.293 e. The van der Waals surface area contributed by atoms with Gasteiger partial charge in [0.1, 0.15) is 9.88 Å². The molecule has 0 fully saturated rings. The molecule has 0 atom stereocenters. The van der Waals surface area contributed by atoms with E-state index in [-0.39, 0.29) is 11.2 Å². The molecule has 0 radical (unpaired) electrons. The van der Waals surface area contributed by atoms with Crippen LogP contribution in [0.5, 0.6) is 0 Å². The van der Waals surface area contributed by atoms with Crippen LogP contribution in [0, 0.1) is 6.92 Å². The van der Waals surface area contributed by atoms with Crippen molar-refractivity contribution in [1.29, 1.82) is 0 Å². The van der Waals surface area contributed by atoms with E-state index in [9.17, 15) is 4.79 Å². The first-order valence-corrected chi connectivity index (χ1v) is 7.30. The molecule has 0 saturated carbocycles. The Balaban J connectivity index is 2.13. The minimum absolute atomic E-state index is 0.0275. The van der Waals surface area contributed by atoms with Crippen molar-refractivity contribution in [3.8, 4) is 0 Å². The van der Waals surface area contributed by atoms with Gasteiger partial charge in [-0.25, -0.2) is 4.98 Å². The van der Waals surface area contributed by atoms with Crippen molar-refractivity contribution in [2.75, 3.05) is 0 Å². The van der Waals surface area contributed by atoms with Crippen LogP contribution in [0.4, 0.5) is 0 Å². The number of thiazole rings is 1. The Morgan fingerprint density at radius 1 is 1.39 bits per heavy atom. The number of ketones is 1. The Hall–Kier alpha value is -1.14. The van der Waals surface area contributed by atoms with Gasteiger partial charge >= 0.3 is 0 Å². The Morgan fingerprint density at radius 2 is 2.11 bits per heavy atom. The summed E-state index contributed by atoms with van der Waals surface area (Å²) >= 11 is 2.70. The predicted octanol–water partition coefficient (Wildman–Crippen LogP) is 3.03. The van der Waals surface area contributed by atoms with Crippen LogP contribution in [0.1, 0.15) is 46.8 Å². The van der Waals surface area contributed by atoms with Crippen LogP contribution >= 0.6 is 22.9 Å². The van der Waals surface area contributed by atoms with Gasteiger partial charge in [-0.05, 0) is 18.5 Å². The largest absolute Gasteiger partial charge is 0.293 e. The third-order valence-corrected chi connectivity index (χ3v) is 4.25. The van der Waals surface area contributed by atoms with Gasteiger partial charge in [-0.3, -0.25) is 4.79 Å². The minimum atomic E-state index is 0.0275. The molecule has 0 N–H and O–H groups in total. The van der Waals surface area contributed by atoms with Crippen LogP contribution in [0.15, 0.2) is 5.38 Å². The molecule has 2 heterocycles. The van der Waals surface area contributed by atoms with Gasteiger partial charge in [0.15, 0.2) is 5.78 Å². The molecule has 0 bridgehead atoms. The Kier molecular flexibility index (Phi) is 3.59. The summed E-state index contributed by atoms with van der Waals surface area (Å²) in [6.07, 6.45) is 0.339. The zero-order valence-electron chi connectivity index (χ0n) is 10.9. The lowest BCUT2D eigenvalue weighted by Crippen LogP contribution is -2.12. The molecule has 0 aliphatic rings. The van der Waals surface area contributed by atoms with E-state index in [1.165, 1.54) is 11.3 Å². The molecule has 0 aromatic carbocycles. The van der Waals surface area contributed by atoms with Gasteiger partial charge < -0.3 is 0 Å². The van der Waals surface area contributed by atoms with Crippen LogP contribution in [0.2, 0.25) is 0 Å². The van der Waals surface area contributed by atoms with E-state index in [1.54, 1.807) is 6.92 Å². The second kappa shape index (κ2) is 4.85. The Morgan fingerprint density at radius 3 is 2.61 bits per heavy atom. The number of nitrogens with zero attached hydrogens (tertiary/aromatic N) is 3. The molecule has 0 unspecified atom stereocenters. The standard InChI is InChI=1S/C12H15N3OS2/c1-7-11(18-15-14-7)8(16)5-10-13-9(6-17-10)12(2,3)4/h6H,5H2,1-4H3. The maximum Gasteiger partial charge on any atom is 0.183 e. The van der Waals surface area contributed by atoms with Crippen LogP contribution in [-0.2, 0) is 11.8 Å². The van der Waals surface area contributed by atoms with E-state index in [4.69, 9.17) is 0 Å². The van der Waals surface area contributed by atoms with Gasteiger partial charge in [-0.15, -0.1) is 16.4 Å². The van der Waals surface area contributed by atoms with Crippen LogP contribution in [-0.4, -0.2) is 20.4 Å². The van der Waals surface area contributed by atoms with Crippen molar-refractivity contribution in [2.24, 2.45) is 0 Å². The van der Waals surface area contributed by atoms with Crippen LogP contribution < -0.4 is 0 Å². The van der Waals surface area contributed by atoms with Crippen LogP contribution in [0.3, 0.4) is 0 Å². The molecule has 4 nitrogen and oxygen atoms in total. The van der Waals surface area contributed by atoms with Crippen molar-refractivity contribution in [2.45, 2.75) is 39.5 Å². The molecule has 18 heavy (non-hydrogen) atoms. The second-order valence-corrected chi connectivity index (χ2v) is 6.86. The highest BCUT2D eigenvalue weighted by atomic mass is 32.1. The number of hydrogen-bond acceptors (Lipinski definition) is 6. The molecule has 6 heteroatoms. The zero-order valence-corrected chi connectivity index (χ0v) is 12.5. The summed E-state index contributed by atoms with van der Waals surface area (Å²) in [5.41, 5.74) is 1.77. The van der Waals surface area contributed by atoms with Gasteiger partial charge in [-0.1, -0.05) is 25.3 Å². The fraction of sp³-hybridized carbons (Fsp3) is 0.500. The van der Waals surface area contributed by atoms with E-state index >= 15 is 0 Å². The van der Waals surface area contributed by atoms with Crippen molar-refractivity contribution in [3.05, 3.63) is 26.7 Å². The first kappa shape index (κ1) is 13.3. The lowest BCUT2D eigenvalue weighted by Gasteiger charge is -2.14. The summed E-state index contributed by atoms with van der Waals surface area (Å²) in [7, 11) is 0. The fourth-order valence-corrected chi connectivity index (χ4v) is 3.05. The molecule has 96 valence electrons. The summed E-state index contributed by atoms with van der Waals surface area (Å²) in [6, 6.07) is 0. The van der Waals surface area contributed by atoms with E-state index in [2.05, 4.69) is 35.3 Å². The summed E-state index contributed by atoms with van der Waals surface area (Å²) < 4.78 is 3.78. The van der Waals surface area contributed by atoms with Gasteiger partial charge in [0.25, 0.3) is 0 Å². The average Bonchev–Trinajstić information content (AvgIpc) is 2.85. The molecule has 0 amide bonds. The number of carbonyl (C=O) groups is 1. The summed E-state index contributed by atoms with van der Waals surface area (Å²) in [5.74, 6) is 0.0531. The van der Waals surface area contributed by atoms with E-state index < -0.39 is 0 Å². The SMILES string of the molecule is Cc1nnsc1C(=O)Cc1nc(C(C)(C)C)cs1. The van der Waals surface area contributed by atoms with Gasteiger partial charge in [0.05, 0.1) is 17.8 Å². The van der Waals surface area contributed by atoms with Gasteiger partial charge in [0.2, 0.25) is 0 Å². The monoisotopic (exact) mass is 281 g/mol. The number of aromatic nitrogens is 3. The predicted molar refractivity (Wildman–Crippen MR) is 73.5 cm³/mol. The second-order valence-electron chi connectivity index (χ2n) is 5.16. The first-order chi connectivity index (χ1) is 8.38. The molecule has 0 saturated heterocycles. The number of Topliss-reactive ketones (excluding diaryl/α,β-unsaturated/α-hetero) is 1. The lowest BCUT2D eigenvalue weighted by molar-refractivity contribution is 0.0996. The lowest BCUT2D eigenvalue weighted by atomic mass is 9.93. The van der Waals surface area contributed by atoms with Crippen LogP contribution in [0.25, 0.3) is 0 Å². The molecular formula is C12H15N3OS2. The average molecular weight is 281 g/mol. The zero-order chi connectivity index (χ0) is 13.3. The normalized spacial score (nSPS) is 11.8. The number of hydrogen-bond donors (Lipinski definition) is 0. The first-order valence-electron chi connectivity index (χ1n) is 5.65. The van der Waals surface area contributed by atoms with E-state index in [0.717, 1.165) is 22.2 Å². The topological polar surface area (TPSA) is 55.7 Å². The number of aryl methyl sites for hydroxylation is 1. The maximum absolute atomic E-state index is 12.1. The third-order valence-electron chi connectivity index (χ3n) is 2.54. The molecular weight excluding hydrogens is 266 g/mol. The maximum atomic E-state index is 12.1. The Bertz CT molecular complexity index is 566. The summed E-state index contributed by atoms with van der Waals surface area (Å²) in [4.78, 5) is 17.2. The molecule has 0 aliphatic heterocycles. The van der Waals surface area contributed by atoms with Crippen molar-refractivity contribution in [3.63, 3.8) is 0 Å². The van der Waals surface area contributed by atoms with Crippen molar-refractivity contribution < 1.29 is 4.79 Å². The quantitative estimate of drug-likeness (QED) is 0.811. The third kappa shape index (κ3) is 2.81.